The number of methoxy groups -OCH3 is 2. The van der Waals surface area contributed by atoms with Crippen molar-refractivity contribution in [1.82, 2.24) is 5.32 Å². The average Bonchev–Trinajstić information content (AvgIpc) is 2.57. The summed E-state index contributed by atoms with van der Waals surface area (Å²) >= 11 is 6.10. The third kappa shape index (κ3) is 5.34. The normalized spacial score (nSPS) is 11.4. The van der Waals surface area contributed by atoms with Crippen LogP contribution in [0.15, 0.2) is 41.3 Å². The lowest BCUT2D eigenvalue weighted by Crippen LogP contribution is -2.17. The Labute approximate surface area is 152 Å². The summed E-state index contributed by atoms with van der Waals surface area (Å²) in [6.07, 6.45) is 0.741. The molecule has 0 fully saturated rings. The van der Waals surface area contributed by atoms with Crippen molar-refractivity contribution in [2.45, 2.75) is 17.9 Å². The van der Waals surface area contributed by atoms with Crippen LogP contribution in [0, 0.1) is 0 Å². The minimum absolute atomic E-state index is 0.111. The molecule has 0 bridgehead atoms. The number of nitrogens with two attached hydrogens (primary N) is 1. The summed E-state index contributed by atoms with van der Waals surface area (Å²) in [4.78, 5) is 0.111. The first-order valence-corrected chi connectivity index (χ1v) is 9.50. The van der Waals surface area contributed by atoms with E-state index in [0.717, 1.165) is 17.5 Å². The van der Waals surface area contributed by atoms with Crippen molar-refractivity contribution >= 4 is 21.6 Å². The number of hydrogen-bond donors (Lipinski definition) is 2. The van der Waals surface area contributed by atoms with E-state index in [1.165, 1.54) is 12.1 Å². The largest absolute Gasteiger partial charge is 0.493 e. The van der Waals surface area contributed by atoms with Crippen LogP contribution in [0.5, 0.6) is 11.5 Å². The fourth-order valence-electron chi connectivity index (χ4n) is 2.44. The molecule has 0 aliphatic carbocycles. The van der Waals surface area contributed by atoms with Gasteiger partial charge in [0.1, 0.15) is 0 Å². The molecule has 0 saturated carbocycles. The highest BCUT2D eigenvalue weighted by Crippen LogP contribution is 2.34. The zero-order valence-electron chi connectivity index (χ0n) is 14.1. The molecule has 0 aliphatic rings. The van der Waals surface area contributed by atoms with Crippen LogP contribution in [-0.4, -0.2) is 29.2 Å². The Morgan fingerprint density at radius 1 is 1.12 bits per heavy atom. The number of primary sulfonamides is 1. The van der Waals surface area contributed by atoms with E-state index >= 15 is 0 Å². The molecule has 0 atom stereocenters. The van der Waals surface area contributed by atoms with Crippen LogP contribution >= 0.6 is 11.6 Å². The molecule has 0 amide bonds. The molecule has 0 saturated heterocycles. The van der Waals surface area contributed by atoms with E-state index in [1.807, 2.05) is 6.07 Å². The molecule has 0 heterocycles. The van der Waals surface area contributed by atoms with E-state index in [1.54, 1.807) is 32.4 Å². The molecule has 2 aromatic carbocycles. The number of rotatable bonds is 8. The van der Waals surface area contributed by atoms with Gasteiger partial charge in [0.25, 0.3) is 0 Å². The minimum Gasteiger partial charge on any atom is -0.493 e. The molecule has 8 heteroatoms. The van der Waals surface area contributed by atoms with E-state index in [4.69, 9.17) is 26.2 Å². The highest BCUT2D eigenvalue weighted by atomic mass is 35.5. The lowest BCUT2D eigenvalue weighted by Gasteiger charge is -2.14. The SMILES string of the molecule is COc1cc(Cl)cc(CNCCc2ccc(S(N)(=O)=O)cc2)c1OC. The zero-order chi connectivity index (χ0) is 18.4. The van der Waals surface area contributed by atoms with Gasteiger partial charge in [0.05, 0.1) is 19.1 Å². The Balaban J connectivity index is 1.94. The van der Waals surface area contributed by atoms with Crippen LogP contribution in [0.1, 0.15) is 11.1 Å². The summed E-state index contributed by atoms with van der Waals surface area (Å²) in [7, 11) is -0.501. The van der Waals surface area contributed by atoms with Gasteiger partial charge in [-0.25, -0.2) is 13.6 Å². The molecule has 25 heavy (non-hydrogen) atoms. The fraction of sp³-hybridized carbons (Fsp3) is 0.294. The topological polar surface area (TPSA) is 90.6 Å². The number of halogens is 1. The Hall–Kier alpha value is -1.80. The predicted octanol–water partition coefficient (Wildman–Crippen LogP) is 2.34. The number of nitrogens with one attached hydrogen (secondary N) is 1. The average molecular weight is 385 g/mol. The van der Waals surface area contributed by atoms with E-state index in [0.29, 0.717) is 29.6 Å². The number of hydrogen-bond acceptors (Lipinski definition) is 5. The maximum atomic E-state index is 11.2. The number of benzene rings is 2. The van der Waals surface area contributed by atoms with Crippen molar-refractivity contribution in [3.8, 4) is 11.5 Å². The molecule has 2 rings (SSSR count). The van der Waals surface area contributed by atoms with E-state index in [-0.39, 0.29) is 4.90 Å². The minimum atomic E-state index is -3.65. The Morgan fingerprint density at radius 3 is 2.36 bits per heavy atom. The van der Waals surface area contributed by atoms with Crippen molar-refractivity contribution < 1.29 is 17.9 Å². The molecule has 0 radical (unpaired) electrons. The smallest absolute Gasteiger partial charge is 0.238 e. The summed E-state index contributed by atoms with van der Waals surface area (Å²) in [5.41, 5.74) is 1.91. The van der Waals surface area contributed by atoms with Gasteiger partial charge in [-0.15, -0.1) is 0 Å². The van der Waals surface area contributed by atoms with Gasteiger partial charge in [-0.3, -0.25) is 0 Å². The van der Waals surface area contributed by atoms with Crippen LogP contribution in [0.2, 0.25) is 5.02 Å². The van der Waals surface area contributed by atoms with E-state index < -0.39 is 10.0 Å². The van der Waals surface area contributed by atoms with E-state index in [9.17, 15) is 8.42 Å². The quantitative estimate of drug-likeness (QED) is 0.682. The maximum Gasteiger partial charge on any atom is 0.238 e. The second-order valence-electron chi connectivity index (χ2n) is 5.42. The van der Waals surface area contributed by atoms with Crippen molar-refractivity contribution in [2.75, 3.05) is 20.8 Å². The Morgan fingerprint density at radius 2 is 1.80 bits per heavy atom. The highest BCUT2D eigenvalue weighted by molar-refractivity contribution is 7.89. The summed E-state index contributed by atoms with van der Waals surface area (Å²) in [6.45, 7) is 1.27. The molecule has 0 spiro atoms. The van der Waals surface area contributed by atoms with Crippen LogP contribution in [0.4, 0.5) is 0 Å². The summed E-state index contributed by atoms with van der Waals surface area (Å²) in [5.74, 6) is 1.24. The highest BCUT2D eigenvalue weighted by Gasteiger charge is 2.11. The maximum absolute atomic E-state index is 11.2. The van der Waals surface area contributed by atoms with Crippen molar-refractivity contribution in [1.29, 1.82) is 0 Å². The van der Waals surface area contributed by atoms with Crippen LogP contribution in [0.3, 0.4) is 0 Å². The molecule has 0 aliphatic heterocycles. The summed E-state index contributed by atoms with van der Waals surface area (Å²) in [6, 6.07) is 10.1. The number of sulfonamides is 1. The van der Waals surface area contributed by atoms with Gasteiger partial charge in [0, 0.05) is 23.2 Å². The predicted molar refractivity (Wildman–Crippen MR) is 97.8 cm³/mol. The first-order valence-electron chi connectivity index (χ1n) is 7.58. The lowest BCUT2D eigenvalue weighted by molar-refractivity contribution is 0.351. The Kier molecular flexibility index (Phi) is 6.66. The molecule has 136 valence electrons. The van der Waals surface area contributed by atoms with Gasteiger partial charge in [-0.05, 0) is 36.7 Å². The van der Waals surface area contributed by atoms with Gasteiger partial charge in [0.2, 0.25) is 10.0 Å². The molecule has 0 unspecified atom stereocenters. The molecule has 6 nitrogen and oxygen atoms in total. The third-order valence-corrected chi connectivity index (χ3v) is 4.83. The zero-order valence-corrected chi connectivity index (χ0v) is 15.7. The van der Waals surface area contributed by atoms with Crippen molar-refractivity contribution in [3.05, 3.63) is 52.5 Å². The fourth-order valence-corrected chi connectivity index (χ4v) is 3.19. The van der Waals surface area contributed by atoms with Crippen LogP contribution < -0.4 is 19.9 Å². The van der Waals surface area contributed by atoms with Gasteiger partial charge < -0.3 is 14.8 Å². The standard InChI is InChI=1S/C17H21ClN2O4S/c1-23-16-10-14(18)9-13(17(16)24-2)11-20-8-7-12-3-5-15(6-4-12)25(19,21)22/h3-6,9-10,20H,7-8,11H2,1-2H3,(H2,19,21,22). The summed E-state index contributed by atoms with van der Waals surface area (Å²) in [5, 5.41) is 8.97. The lowest BCUT2D eigenvalue weighted by atomic mass is 10.1. The van der Waals surface area contributed by atoms with Gasteiger partial charge >= 0.3 is 0 Å². The molecule has 0 aromatic heterocycles. The second kappa shape index (κ2) is 8.53. The molecule has 2 aromatic rings. The van der Waals surface area contributed by atoms with Gasteiger partial charge in [-0.2, -0.15) is 0 Å². The molecular formula is C17H21ClN2O4S. The van der Waals surface area contributed by atoms with E-state index in [2.05, 4.69) is 5.32 Å². The molecular weight excluding hydrogens is 364 g/mol. The second-order valence-corrected chi connectivity index (χ2v) is 7.41. The number of ether oxygens (including phenoxy) is 2. The van der Waals surface area contributed by atoms with Gasteiger partial charge in [-0.1, -0.05) is 23.7 Å². The van der Waals surface area contributed by atoms with Gasteiger partial charge in [0.15, 0.2) is 11.5 Å². The first-order chi connectivity index (χ1) is 11.8. The van der Waals surface area contributed by atoms with Crippen molar-refractivity contribution in [2.24, 2.45) is 5.14 Å². The van der Waals surface area contributed by atoms with Crippen LogP contribution in [0.25, 0.3) is 0 Å². The first kappa shape index (κ1) is 19.5. The van der Waals surface area contributed by atoms with Crippen molar-refractivity contribution in [3.63, 3.8) is 0 Å². The molecule has 3 N–H and O–H groups in total. The Bertz CT molecular complexity index is 823. The third-order valence-electron chi connectivity index (χ3n) is 3.68. The monoisotopic (exact) mass is 384 g/mol. The summed E-state index contributed by atoms with van der Waals surface area (Å²) < 4.78 is 33.1. The van der Waals surface area contributed by atoms with Crippen LogP contribution in [-0.2, 0) is 23.0 Å².